The second-order valence-electron chi connectivity index (χ2n) is 3.45. The van der Waals surface area contributed by atoms with Gasteiger partial charge in [-0.1, -0.05) is 18.2 Å². The van der Waals surface area contributed by atoms with Crippen LogP contribution in [0.3, 0.4) is 0 Å². The van der Waals surface area contributed by atoms with E-state index in [1.807, 2.05) is 0 Å². The molecule has 0 saturated carbocycles. The van der Waals surface area contributed by atoms with E-state index < -0.39 is 10.0 Å². The third kappa shape index (κ3) is 3.14. The Balaban J connectivity index is 2.09. The van der Waals surface area contributed by atoms with Crippen molar-refractivity contribution in [3.63, 3.8) is 0 Å². The van der Waals surface area contributed by atoms with Crippen LogP contribution in [0.2, 0.25) is 0 Å². The first-order valence-electron chi connectivity index (χ1n) is 5.18. The van der Waals surface area contributed by atoms with Gasteiger partial charge in [-0.3, -0.25) is 4.98 Å². The summed E-state index contributed by atoms with van der Waals surface area (Å²) in [4.78, 5) is 6.17. The van der Waals surface area contributed by atoms with E-state index in [2.05, 4.69) is 14.9 Å². The Morgan fingerprint density at radius 2 is 1.72 bits per heavy atom. The molecule has 1 heterocycles. The van der Waals surface area contributed by atoms with Crippen molar-refractivity contribution in [3.8, 4) is 0 Å². The van der Waals surface area contributed by atoms with Gasteiger partial charge in [0, 0.05) is 12.4 Å². The van der Waals surface area contributed by atoms with Crippen molar-refractivity contribution >= 4 is 16.2 Å². The lowest BCUT2D eigenvalue weighted by Gasteiger charge is -2.02. The van der Waals surface area contributed by atoms with E-state index in [-0.39, 0.29) is 4.90 Å². The molecule has 0 aliphatic rings. The van der Waals surface area contributed by atoms with Crippen LogP contribution in [-0.4, -0.2) is 19.6 Å². The van der Waals surface area contributed by atoms with Crippen molar-refractivity contribution in [2.75, 3.05) is 0 Å². The molecule has 6 heteroatoms. The van der Waals surface area contributed by atoms with E-state index in [0.717, 1.165) is 5.56 Å². The van der Waals surface area contributed by atoms with Crippen molar-refractivity contribution in [3.05, 3.63) is 60.4 Å². The minimum atomic E-state index is -3.59. The molecule has 1 N–H and O–H groups in total. The van der Waals surface area contributed by atoms with Crippen molar-refractivity contribution in [2.45, 2.75) is 4.90 Å². The van der Waals surface area contributed by atoms with E-state index >= 15 is 0 Å². The summed E-state index contributed by atoms with van der Waals surface area (Å²) in [6.07, 6.45) is 4.63. The van der Waals surface area contributed by atoms with Gasteiger partial charge in [0.1, 0.15) is 0 Å². The Bertz CT molecular complexity index is 625. The minimum Gasteiger partial charge on any atom is -0.265 e. The van der Waals surface area contributed by atoms with Gasteiger partial charge in [-0.05, 0) is 29.8 Å². The summed E-state index contributed by atoms with van der Waals surface area (Å²) >= 11 is 0. The fourth-order valence-corrected chi connectivity index (χ4v) is 2.08. The number of benzene rings is 1. The van der Waals surface area contributed by atoms with E-state index in [4.69, 9.17) is 0 Å². The maximum atomic E-state index is 11.8. The van der Waals surface area contributed by atoms with Gasteiger partial charge >= 0.3 is 0 Å². The molecular formula is C12H11N3O2S. The monoisotopic (exact) mass is 261 g/mol. The van der Waals surface area contributed by atoms with Gasteiger partial charge in [0.25, 0.3) is 10.0 Å². The number of hydrogen-bond acceptors (Lipinski definition) is 4. The van der Waals surface area contributed by atoms with Crippen LogP contribution >= 0.6 is 0 Å². The second kappa shape index (κ2) is 5.42. The van der Waals surface area contributed by atoms with Gasteiger partial charge < -0.3 is 0 Å². The van der Waals surface area contributed by atoms with Crippen LogP contribution in [0.15, 0.2) is 64.9 Å². The quantitative estimate of drug-likeness (QED) is 0.668. The van der Waals surface area contributed by atoms with E-state index in [9.17, 15) is 8.42 Å². The number of sulfonamides is 1. The van der Waals surface area contributed by atoms with Gasteiger partial charge in [0.05, 0.1) is 11.1 Å². The summed E-state index contributed by atoms with van der Waals surface area (Å²) in [5.41, 5.74) is 0.765. The molecule has 2 aromatic rings. The third-order valence-electron chi connectivity index (χ3n) is 2.15. The second-order valence-corrected chi connectivity index (χ2v) is 5.11. The number of pyridine rings is 1. The van der Waals surface area contributed by atoms with Crippen LogP contribution in [0.5, 0.6) is 0 Å². The highest BCUT2D eigenvalue weighted by Crippen LogP contribution is 2.06. The summed E-state index contributed by atoms with van der Waals surface area (Å²) in [5, 5.41) is 3.70. The first kappa shape index (κ1) is 12.3. The van der Waals surface area contributed by atoms with Crippen LogP contribution < -0.4 is 4.83 Å². The highest BCUT2D eigenvalue weighted by atomic mass is 32.2. The molecule has 0 amide bonds. The molecule has 0 unspecified atom stereocenters. The van der Waals surface area contributed by atoms with Crippen molar-refractivity contribution in [1.29, 1.82) is 0 Å². The SMILES string of the molecule is O=S(=O)(N/N=C/c1ccncc1)c1ccccc1. The molecule has 18 heavy (non-hydrogen) atoms. The lowest BCUT2D eigenvalue weighted by atomic mass is 10.3. The normalized spacial score (nSPS) is 11.6. The predicted octanol–water partition coefficient (Wildman–Crippen LogP) is 1.39. The Morgan fingerprint density at radius 3 is 2.39 bits per heavy atom. The lowest BCUT2D eigenvalue weighted by molar-refractivity contribution is 0.584. The van der Waals surface area contributed by atoms with Crippen LogP contribution in [0.25, 0.3) is 0 Å². The number of hydrazone groups is 1. The number of nitrogens with zero attached hydrogens (tertiary/aromatic N) is 2. The minimum absolute atomic E-state index is 0.178. The van der Waals surface area contributed by atoms with Gasteiger partial charge in [0.2, 0.25) is 0 Å². The van der Waals surface area contributed by atoms with Gasteiger partial charge in [-0.15, -0.1) is 0 Å². The molecule has 5 nitrogen and oxygen atoms in total. The lowest BCUT2D eigenvalue weighted by Crippen LogP contribution is -2.18. The van der Waals surface area contributed by atoms with Crippen molar-refractivity contribution in [1.82, 2.24) is 9.82 Å². The average molecular weight is 261 g/mol. The molecule has 92 valence electrons. The topological polar surface area (TPSA) is 71.4 Å². The molecule has 1 aromatic heterocycles. The highest BCUT2D eigenvalue weighted by molar-refractivity contribution is 7.89. The maximum Gasteiger partial charge on any atom is 0.276 e. The Labute approximate surface area is 105 Å². The number of rotatable bonds is 4. The summed E-state index contributed by atoms with van der Waals surface area (Å²) in [6.45, 7) is 0. The molecule has 0 atom stereocenters. The standard InChI is InChI=1S/C12H11N3O2S/c16-18(17,12-4-2-1-3-5-12)15-14-10-11-6-8-13-9-7-11/h1-10,15H/b14-10+. The predicted molar refractivity (Wildman–Crippen MR) is 68.6 cm³/mol. The Hall–Kier alpha value is -2.21. The Morgan fingerprint density at radius 1 is 1.06 bits per heavy atom. The summed E-state index contributed by atoms with van der Waals surface area (Å²) < 4.78 is 23.6. The van der Waals surface area contributed by atoms with E-state index in [1.165, 1.54) is 18.3 Å². The van der Waals surface area contributed by atoms with Crippen LogP contribution in [0.4, 0.5) is 0 Å². The number of hydrogen-bond donors (Lipinski definition) is 1. The zero-order chi connectivity index (χ0) is 12.8. The third-order valence-corrected chi connectivity index (χ3v) is 3.38. The first-order valence-corrected chi connectivity index (χ1v) is 6.67. The number of aromatic nitrogens is 1. The first-order chi connectivity index (χ1) is 8.68. The molecule has 0 radical (unpaired) electrons. The van der Waals surface area contributed by atoms with Crippen LogP contribution in [0.1, 0.15) is 5.56 Å². The zero-order valence-electron chi connectivity index (χ0n) is 9.39. The maximum absolute atomic E-state index is 11.8. The average Bonchev–Trinajstić information content (AvgIpc) is 2.41. The Kier molecular flexibility index (Phi) is 3.69. The highest BCUT2D eigenvalue weighted by Gasteiger charge is 2.10. The smallest absolute Gasteiger partial charge is 0.265 e. The van der Waals surface area contributed by atoms with Gasteiger partial charge in [-0.2, -0.15) is 13.5 Å². The molecule has 0 aliphatic carbocycles. The molecule has 0 fully saturated rings. The molecule has 0 spiro atoms. The summed E-state index contributed by atoms with van der Waals surface area (Å²) in [7, 11) is -3.59. The fraction of sp³-hybridized carbons (Fsp3) is 0. The summed E-state index contributed by atoms with van der Waals surface area (Å²) in [6, 6.07) is 11.5. The molecular weight excluding hydrogens is 250 g/mol. The molecule has 0 aliphatic heterocycles. The largest absolute Gasteiger partial charge is 0.276 e. The molecule has 2 rings (SSSR count). The van der Waals surface area contributed by atoms with Crippen LogP contribution in [0, 0.1) is 0 Å². The molecule has 0 saturated heterocycles. The zero-order valence-corrected chi connectivity index (χ0v) is 10.2. The van der Waals surface area contributed by atoms with Crippen LogP contribution in [-0.2, 0) is 10.0 Å². The van der Waals surface area contributed by atoms with E-state index in [0.29, 0.717) is 0 Å². The molecule has 0 bridgehead atoms. The van der Waals surface area contributed by atoms with Crippen molar-refractivity contribution < 1.29 is 8.42 Å². The summed E-state index contributed by atoms with van der Waals surface area (Å²) in [5.74, 6) is 0. The van der Waals surface area contributed by atoms with Gasteiger partial charge in [-0.25, -0.2) is 4.83 Å². The van der Waals surface area contributed by atoms with Gasteiger partial charge in [0.15, 0.2) is 0 Å². The van der Waals surface area contributed by atoms with E-state index in [1.54, 1.807) is 42.7 Å². The number of nitrogens with one attached hydrogen (secondary N) is 1. The molecule has 1 aromatic carbocycles. The van der Waals surface area contributed by atoms with Crippen molar-refractivity contribution in [2.24, 2.45) is 5.10 Å². The fourth-order valence-electron chi connectivity index (χ4n) is 1.27.